The number of nitrogens with one attached hydrogen (secondary N) is 3. The highest BCUT2D eigenvalue weighted by Crippen LogP contribution is 2.10. The lowest BCUT2D eigenvalue weighted by Gasteiger charge is -2.20. The normalized spacial score (nSPS) is 12.3. The Morgan fingerprint density at radius 2 is 1.71 bits per heavy atom. The third-order valence-electron chi connectivity index (χ3n) is 6.48. The van der Waals surface area contributed by atoms with E-state index in [1.807, 2.05) is 19.9 Å². The minimum atomic E-state index is -1.15. The molecule has 13 nitrogen and oxygen atoms in total. The van der Waals surface area contributed by atoms with Gasteiger partial charge in [-0.25, -0.2) is 9.59 Å². The van der Waals surface area contributed by atoms with Crippen molar-refractivity contribution in [3.63, 3.8) is 0 Å². The van der Waals surface area contributed by atoms with Gasteiger partial charge in [0, 0.05) is 17.8 Å². The van der Waals surface area contributed by atoms with Gasteiger partial charge in [-0.3, -0.25) is 19.2 Å². The SMILES string of the molecule is CCOC(=O)C=CCC[C@H](NC(=O)OCc1ccccc1)C(=O)Nc1ccc(C)n(CC(=O)NC(CC(=O)O)CC(C)C)c1=O. The van der Waals surface area contributed by atoms with E-state index in [0.29, 0.717) is 12.1 Å². The number of anilines is 1. The third-order valence-corrected chi connectivity index (χ3v) is 6.48. The number of hydrogen-bond donors (Lipinski definition) is 4. The molecule has 0 saturated carbocycles. The van der Waals surface area contributed by atoms with Crippen LogP contribution in [0.4, 0.5) is 10.5 Å². The molecule has 0 bridgehead atoms. The highest BCUT2D eigenvalue weighted by molar-refractivity contribution is 5.96. The number of aromatic nitrogens is 1. The van der Waals surface area contributed by atoms with Crippen LogP contribution in [-0.4, -0.2) is 58.2 Å². The largest absolute Gasteiger partial charge is 0.481 e. The molecule has 1 unspecified atom stereocenters. The maximum absolute atomic E-state index is 13.3. The molecule has 1 heterocycles. The van der Waals surface area contributed by atoms with E-state index in [1.54, 1.807) is 44.2 Å². The van der Waals surface area contributed by atoms with Crippen LogP contribution in [0.1, 0.15) is 57.7 Å². The Morgan fingerprint density at radius 1 is 1.00 bits per heavy atom. The number of amides is 3. The molecule has 244 valence electrons. The number of pyridine rings is 1. The number of allylic oxidation sites excluding steroid dienone is 1. The summed E-state index contributed by atoms with van der Waals surface area (Å²) in [6.07, 6.45) is 2.32. The Balaban J connectivity index is 2.17. The molecule has 0 radical (unpaired) electrons. The molecule has 13 heteroatoms. The maximum Gasteiger partial charge on any atom is 0.408 e. The zero-order valence-corrected chi connectivity index (χ0v) is 26.0. The molecule has 2 aromatic rings. The molecule has 1 aromatic carbocycles. The van der Waals surface area contributed by atoms with Gasteiger partial charge in [0.2, 0.25) is 11.8 Å². The molecule has 0 aliphatic carbocycles. The van der Waals surface area contributed by atoms with Crippen molar-refractivity contribution in [1.29, 1.82) is 0 Å². The molecule has 0 aliphatic heterocycles. The van der Waals surface area contributed by atoms with Gasteiger partial charge in [-0.2, -0.15) is 0 Å². The van der Waals surface area contributed by atoms with Crippen LogP contribution in [0.5, 0.6) is 0 Å². The van der Waals surface area contributed by atoms with Gasteiger partial charge in [0.1, 0.15) is 24.9 Å². The number of aliphatic carboxylic acids is 1. The van der Waals surface area contributed by atoms with E-state index in [2.05, 4.69) is 16.0 Å². The Labute approximate surface area is 262 Å². The summed E-state index contributed by atoms with van der Waals surface area (Å²) in [4.78, 5) is 74.8. The van der Waals surface area contributed by atoms with Gasteiger partial charge >= 0.3 is 18.0 Å². The first-order chi connectivity index (χ1) is 21.4. The third kappa shape index (κ3) is 13.5. The van der Waals surface area contributed by atoms with Crippen molar-refractivity contribution in [2.24, 2.45) is 5.92 Å². The Hall–Kier alpha value is -4.94. The van der Waals surface area contributed by atoms with E-state index in [0.717, 1.165) is 10.1 Å². The van der Waals surface area contributed by atoms with Gasteiger partial charge in [0.15, 0.2) is 0 Å². The van der Waals surface area contributed by atoms with E-state index < -0.39 is 54.0 Å². The molecule has 4 N–H and O–H groups in total. The number of aryl methyl sites for hydroxylation is 1. The van der Waals surface area contributed by atoms with Crippen molar-refractivity contribution in [1.82, 2.24) is 15.2 Å². The van der Waals surface area contributed by atoms with Crippen LogP contribution in [0, 0.1) is 12.8 Å². The molecule has 2 atom stereocenters. The number of carboxylic acids is 1. The minimum Gasteiger partial charge on any atom is -0.481 e. The first-order valence-corrected chi connectivity index (χ1v) is 14.7. The predicted octanol–water partition coefficient (Wildman–Crippen LogP) is 3.30. The predicted molar refractivity (Wildman–Crippen MR) is 166 cm³/mol. The van der Waals surface area contributed by atoms with E-state index in [9.17, 15) is 33.9 Å². The van der Waals surface area contributed by atoms with Crippen LogP contribution in [0.15, 0.2) is 59.4 Å². The molecule has 1 aromatic heterocycles. The van der Waals surface area contributed by atoms with Crippen molar-refractivity contribution in [3.8, 4) is 0 Å². The number of carbonyl (C=O) groups is 5. The van der Waals surface area contributed by atoms with E-state index in [4.69, 9.17) is 9.47 Å². The Bertz CT molecular complexity index is 1400. The van der Waals surface area contributed by atoms with Crippen molar-refractivity contribution in [2.45, 2.75) is 78.6 Å². The second kappa shape index (κ2) is 18.7. The average Bonchev–Trinajstić information content (AvgIpc) is 2.97. The zero-order valence-electron chi connectivity index (χ0n) is 26.0. The van der Waals surface area contributed by atoms with Crippen LogP contribution in [0.3, 0.4) is 0 Å². The van der Waals surface area contributed by atoms with Gasteiger partial charge in [-0.1, -0.05) is 50.3 Å². The highest BCUT2D eigenvalue weighted by Gasteiger charge is 2.23. The summed E-state index contributed by atoms with van der Waals surface area (Å²) in [5.41, 5.74) is 0.391. The van der Waals surface area contributed by atoms with Gasteiger partial charge in [0.25, 0.3) is 5.56 Å². The van der Waals surface area contributed by atoms with Gasteiger partial charge in [-0.05, 0) is 56.7 Å². The van der Waals surface area contributed by atoms with Crippen LogP contribution in [0.25, 0.3) is 0 Å². The fraction of sp³-hybridized carbons (Fsp3) is 0.438. The van der Waals surface area contributed by atoms with Crippen molar-refractivity contribution < 1.29 is 38.6 Å². The topological polar surface area (TPSA) is 182 Å². The molecule has 2 rings (SSSR count). The van der Waals surface area contributed by atoms with Crippen LogP contribution < -0.4 is 21.5 Å². The highest BCUT2D eigenvalue weighted by atomic mass is 16.5. The summed E-state index contributed by atoms with van der Waals surface area (Å²) in [6, 6.07) is 10.1. The second-order valence-electron chi connectivity index (χ2n) is 10.8. The number of benzene rings is 1. The van der Waals surface area contributed by atoms with E-state index >= 15 is 0 Å². The zero-order chi connectivity index (χ0) is 33.4. The monoisotopic (exact) mass is 626 g/mol. The van der Waals surface area contributed by atoms with E-state index in [-0.39, 0.29) is 44.1 Å². The maximum atomic E-state index is 13.3. The standard InChI is InChI=1S/C32H42N4O9/c1-5-44-29(40)14-10-9-13-25(35-32(43)45-20-23-11-7-6-8-12-23)30(41)34-26-16-15-22(4)36(31(26)42)19-27(37)33-24(17-21(2)3)18-28(38)39/h6-8,10-12,14-16,21,24-25H,5,9,13,17-20H2,1-4H3,(H,33,37)(H,34,41)(H,35,43)(H,38,39)/t24?,25-/m0/s1. The fourth-order valence-corrected chi connectivity index (χ4v) is 4.38. The number of hydrogen-bond acceptors (Lipinski definition) is 8. The summed E-state index contributed by atoms with van der Waals surface area (Å²) < 4.78 is 11.3. The summed E-state index contributed by atoms with van der Waals surface area (Å²) in [5.74, 6) is -2.73. The lowest BCUT2D eigenvalue weighted by atomic mass is 10.0. The molecule has 45 heavy (non-hydrogen) atoms. The molecule has 0 saturated heterocycles. The summed E-state index contributed by atoms with van der Waals surface area (Å²) in [7, 11) is 0. The molecule has 0 aliphatic rings. The minimum absolute atomic E-state index is 0.0288. The number of carboxylic acid groups (broad SMARTS) is 1. The van der Waals surface area contributed by atoms with Crippen molar-refractivity contribution in [3.05, 3.63) is 76.2 Å². The molecule has 0 fully saturated rings. The number of rotatable bonds is 17. The lowest BCUT2D eigenvalue weighted by Crippen LogP contribution is -2.45. The first-order valence-electron chi connectivity index (χ1n) is 14.7. The lowest BCUT2D eigenvalue weighted by molar-refractivity contribution is -0.138. The van der Waals surface area contributed by atoms with Crippen molar-refractivity contribution in [2.75, 3.05) is 11.9 Å². The quantitative estimate of drug-likeness (QED) is 0.151. The van der Waals surface area contributed by atoms with Gasteiger partial charge in [0.05, 0.1) is 13.0 Å². The fourth-order valence-electron chi connectivity index (χ4n) is 4.38. The van der Waals surface area contributed by atoms with Crippen LogP contribution in [0.2, 0.25) is 0 Å². The summed E-state index contributed by atoms with van der Waals surface area (Å²) in [6.45, 7) is 6.89. The Morgan fingerprint density at radius 3 is 2.36 bits per heavy atom. The van der Waals surface area contributed by atoms with Crippen LogP contribution >= 0.6 is 0 Å². The average molecular weight is 627 g/mol. The number of alkyl carbamates (subject to hydrolysis) is 1. The summed E-state index contributed by atoms with van der Waals surface area (Å²) in [5, 5.41) is 16.9. The summed E-state index contributed by atoms with van der Waals surface area (Å²) >= 11 is 0. The molecular formula is C32H42N4O9. The Kier molecular flexibility index (Phi) is 15.0. The van der Waals surface area contributed by atoms with Gasteiger partial charge < -0.3 is 35.1 Å². The van der Waals surface area contributed by atoms with E-state index in [1.165, 1.54) is 18.2 Å². The second-order valence-corrected chi connectivity index (χ2v) is 10.8. The first kappa shape index (κ1) is 36.3. The number of carbonyl (C=O) groups excluding carboxylic acids is 4. The number of ether oxygens (including phenoxy) is 2. The molecule has 0 spiro atoms. The van der Waals surface area contributed by atoms with Gasteiger partial charge in [-0.15, -0.1) is 0 Å². The molecule has 3 amide bonds. The van der Waals surface area contributed by atoms with Crippen molar-refractivity contribution >= 4 is 35.5 Å². The number of nitrogens with zero attached hydrogens (tertiary/aromatic N) is 1. The molecular weight excluding hydrogens is 584 g/mol. The smallest absolute Gasteiger partial charge is 0.408 e. The van der Waals surface area contributed by atoms with Crippen LogP contribution in [-0.2, 0) is 41.8 Å². The number of esters is 1.